The summed E-state index contributed by atoms with van der Waals surface area (Å²) in [6.07, 6.45) is 2.45. The van der Waals surface area contributed by atoms with Gasteiger partial charge in [0.15, 0.2) is 11.0 Å². The van der Waals surface area contributed by atoms with Crippen molar-refractivity contribution in [3.63, 3.8) is 0 Å². The van der Waals surface area contributed by atoms with Crippen molar-refractivity contribution >= 4 is 33.9 Å². The molecule has 2 N–H and O–H groups in total. The second kappa shape index (κ2) is 6.86. The van der Waals surface area contributed by atoms with Gasteiger partial charge in [-0.15, -0.1) is 10.2 Å². The minimum atomic E-state index is 0.324. The zero-order valence-corrected chi connectivity index (χ0v) is 14.5. The van der Waals surface area contributed by atoms with Gasteiger partial charge in [0.05, 0.1) is 0 Å². The molecule has 128 valence electrons. The summed E-state index contributed by atoms with van der Waals surface area (Å²) in [7, 11) is 0. The number of nitrogens with one attached hydrogen (secondary N) is 1. The molecule has 0 unspecified atom stereocenters. The van der Waals surface area contributed by atoms with Crippen LogP contribution in [-0.4, -0.2) is 33.3 Å². The quantitative estimate of drug-likeness (QED) is 0.683. The lowest BCUT2D eigenvalue weighted by atomic mass is 10.1. The minimum absolute atomic E-state index is 0.324. The summed E-state index contributed by atoms with van der Waals surface area (Å²) in [4.78, 5) is 2.36. The van der Waals surface area contributed by atoms with Crippen LogP contribution in [0.25, 0.3) is 10.8 Å². The SMILES string of the molecule is Oc1ccc(Nc2nnc(Cl)c3ccccc23)cc1CN1CCCC1. The van der Waals surface area contributed by atoms with Gasteiger partial charge in [-0.05, 0) is 44.1 Å². The van der Waals surface area contributed by atoms with Gasteiger partial charge in [0, 0.05) is 28.6 Å². The average Bonchev–Trinajstić information content (AvgIpc) is 3.14. The van der Waals surface area contributed by atoms with Crippen molar-refractivity contribution in [3.05, 3.63) is 53.2 Å². The van der Waals surface area contributed by atoms with Crippen LogP contribution >= 0.6 is 11.6 Å². The number of rotatable bonds is 4. The summed E-state index contributed by atoms with van der Waals surface area (Å²) in [5.41, 5.74) is 1.78. The van der Waals surface area contributed by atoms with Crippen LogP contribution in [0.15, 0.2) is 42.5 Å². The van der Waals surface area contributed by atoms with Crippen molar-refractivity contribution in [2.24, 2.45) is 0 Å². The van der Waals surface area contributed by atoms with Gasteiger partial charge >= 0.3 is 0 Å². The van der Waals surface area contributed by atoms with Crippen LogP contribution in [0.2, 0.25) is 5.15 Å². The fourth-order valence-electron chi connectivity index (χ4n) is 3.27. The predicted octanol–water partition coefficient (Wildman–Crippen LogP) is 4.33. The smallest absolute Gasteiger partial charge is 0.161 e. The predicted molar refractivity (Wildman–Crippen MR) is 100 cm³/mol. The van der Waals surface area contributed by atoms with Crippen LogP contribution in [0.4, 0.5) is 11.5 Å². The highest BCUT2D eigenvalue weighted by Crippen LogP contribution is 2.30. The Labute approximate surface area is 151 Å². The van der Waals surface area contributed by atoms with E-state index < -0.39 is 0 Å². The number of hydrogen-bond acceptors (Lipinski definition) is 5. The summed E-state index contributed by atoms with van der Waals surface area (Å²) in [5, 5.41) is 23.9. The van der Waals surface area contributed by atoms with Crippen molar-refractivity contribution in [2.45, 2.75) is 19.4 Å². The molecule has 1 saturated heterocycles. The van der Waals surface area contributed by atoms with E-state index in [1.54, 1.807) is 6.07 Å². The monoisotopic (exact) mass is 354 g/mol. The Kier molecular flexibility index (Phi) is 4.42. The molecule has 0 bridgehead atoms. The highest BCUT2D eigenvalue weighted by atomic mass is 35.5. The molecule has 6 heteroatoms. The first-order valence-electron chi connectivity index (χ1n) is 8.43. The summed E-state index contributed by atoms with van der Waals surface area (Å²) in [6, 6.07) is 13.3. The van der Waals surface area contributed by atoms with Crippen molar-refractivity contribution < 1.29 is 5.11 Å². The van der Waals surface area contributed by atoms with Gasteiger partial charge in [-0.1, -0.05) is 35.9 Å². The molecule has 0 radical (unpaired) electrons. The fourth-order valence-corrected chi connectivity index (χ4v) is 3.47. The number of aromatic nitrogens is 2. The number of fused-ring (bicyclic) bond motifs is 1. The fraction of sp³-hybridized carbons (Fsp3) is 0.263. The first-order chi connectivity index (χ1) is 12.2. The maximum absolute atomic E-state index is 10.2. The number of aromatic hydroxyl groups is 1. The number of nitrogens with zero attached hydrogens (tertiary/aromatic N) is 3. The van der Waals surface area contributed by atoms with Crippen LogP contribution in [0.5, 0.6) is 5.75 Å². The maximum Gasteiger partial charge on any atom is 0.161 e. The minimum Gasteiger partial charge on any atom is -0.508 e. The van der Waals surface area contributed by atoms with Crippen molar-refractivity contribution in [3.8, 4) is 5.75 Å². The van der Waals surface area contributed by atoms with Gasteiger partial charge in [0.1, 0.15) is 5.75 Å². The molecule has 1 fully saturated rings. The molecule has 1 aliphatic heterocycles. The maximum atomic E-state index is 10.2. The van der Waals surface area contributed by atoms with Gasteiger partial charge in [-0.3, -0.25) is 4.90 Å². The standard InChI is InChI=1S/C19H19ClN4O/c20-18-15-5-1-2-6-16(15)19(23-22-18)21-14-7-8-17(25)13(11-14)12-24-9-3-4-10-24/h1-2,5-8,11,25H,3-4,9-10,12H2,(H,21,23). The van der Waals surface area contributed by atoms with Crippen molar-refractivity contribution in [1.82, 2.24) is 15.1 Å². The zero-order valence-electron chi connectivity index (χ0n) is 13.7. The highest BCUT2D eigenvalue weighted by molar-refractivity contribution is 6.34. The lowest BCUT2D eigenvalue weighted by Crippen LogP contribution is -2.18. The molecule has 2 heterocycles. The molecule has 0 aliphatic carbocycles. The van der Waals surface area contributed by atoms with E-state index in [4.69, 9.17) is 11.6 Å². The lowest BCUT2D eigenvalue weighted by molar-refractivity contribution is 0.324. The van der Waals surface area contributed by atoms with Crippen LogP contribution in [0.3, 0.4) is 0 Å². The Bertz CT molecular complexity index is 909. The third kappa shape index (κ3) is 3.38. The number of phenolic OH excluding ortho intramolecular Hbond substituents is 1. The molecule has 5 nitrogen and oxygen atoms in total. The molecule has 1 aliphatic rings. The van der Waals surface area contributed by atoms with E-state index in [1.807, 2.05) is 36.4 Å². The van der Waals surface area contributed by atoms with E-state index in [2.05, 4.69) is 20.4 Å². The molecule has 0 saturated carbocycles. The average molecular weight is 355 g/mol. The van der Waals surface area contributed by atoms with Gasteiger partial charge < -0.3 is 10.4 Å². The number of anilines is 2. The number of benzene rings is 2. The van der Waals surface area contributed by atoms with Gasteiger partial charge in [0.2, 0.25) is 0 Å². The summed E-state index contributed by atoms with van der Waals surface area (Å²) >= 11 is 6.13. The second-order valence-corrected chi connectivity index (χ2v) is 6.69. The van der Waals surface area contributed by atoms with E-state index in [-0.39, 0.29) is 0 Å². The Morgan fingerprint density at radius 2 is 1.80 bits per heavy atom. The summed E-state index contributed by atoms with van der Waals surface area (Å²) in [5.74, 6) is 0.974. The molecule has 2 aromatic carbocycles. The Morgan fingerprint density at radius 3 is 2.60 bits per heavy atom. The van der Waals surface area contributed by atoms with Gasteiger partial charge in [0.25, 0.3) is 0 Å². The Balaban J connectivity index is 1.64. The van der Waals surface area contributed by atoms with Gasteiger partial charge in [-0.2, -0.15) is 0 Å². The number of halogens is 1. The number of hydrogen-bond donors (Lipinski definition) is 2. The number of phenols is 1. The summed E-state index contributed by atoms with van der Waals surface area (Å²) < 4.78 is 0. The molecule has 0 amide bonds. The first-order valence-corrected chi connectivity index (χ1v) is 8.81. The molecule has 1 aromatic heterocycles. The molecule has 25 heavy (non-hydrogen) atoms. The normalized spacial score (nSPS) is 14.9. The second-order valence-electron chi connectivity index (χ2n) is 6.34. The largest absolute Gasteiger partial charge is 0.508 e. The Morgan fingerprint density at radius 1 is 1.04 bits per heavy atom. The van der Waals surface area contributed by atoms with Crippen LogP contribution in [-0.2, 0) is 6.54 Å². The van der Waals surface area contributed by atoms with E-state index in [9.17, 15) is 5.11 Å². The lowest BCUT2D eigenvalue weighted by Gasteiger charge is -2.17. The van der Waals surface area contributed by atoms with E-state index in [0.717, 1.165) is 41.7 Å². The highest BCUT2D eigenvalue weighted by Gasteiger charge is 2.15. The molecule has 3 aromatic rings. The number of likely N-dealkylation sites (tertiary alicyclic amines) is 1. The van der Waals surface area contributed by atoms with Crippen molar-refractivity contribution in [1.29, 1.82) is 0 Å². The van der Waals surface area contributed by atoms with Crippen LogP contribution in [0, 0.1) is 0 Å². The molecule has 0 spiro atoms. The molecular weight excluding hydrogens is 336 g/mol. The van der Waals surface area contributed by atoms with Crippen molar-refractivity contribution in [2.75, 3.05) is 18.4 Å². The van der Waals surface area contributed by atoms with E-state index >= 15 is 0 Å². The third-order valence-corrected chi connectivity index (χ3v) is 4.86. The van der Waals surface area contributed by atoms with Gasteiger partial charge in [-0.25, -0.2) is 0 Å². The van der Waals surface area contributed by atoms with E-state index in [1.165, 1.54) is 12.8 Å². The van der Waals surface area contributed by atoms with Crippen LogP contribution in [0.1, 0.15) is 18.4 Å². The molecule has 4 rings (SSSR count). The Hall–Kier alpha value is -2.37. The van der Waals surface area contributed by atoms with E-state index in [0.29, 0.717) is 16.7 Å². The van der Waals surface area contributed by atoms with Crippen LogP contribution < -0.4 is 5.32 Å². The molecular formula is C19H19ClN4O. The first kappa shape index (κ1) is 16.1. The molecule has 0 atom stereocenters. The third-order valence-electron chi connectivity index (χ3n) is 4.58. The summed E-state index contributed by atoms with van der Waals surface area (Å²) in [6.45, 7) is 2.93. The zero-order chi connectivity index (χ0) is 17.2. The topological polar surface area (TPSA) is 61.3 Å².